The SMILES string of the molecule is Cc1cn(CC(=O)N(CCNC(=O)CN(CCNC(=O)CN(CCNC(=O)CN(CCNC(=O)CN(CCNC(=O)CN(CCNC(=O)CN)C(=O)Cn2cnc3c(N)ncnc32)C(=O)Cn2cnc3c(N)ncnc32)C(=O)Cn2cc(C)c(=O)[nH]c2=O)C(=O)Cn2cnc3c(=O)[nH]c(N)nc32)C(=O)Cn2ccc(N)nc2=O)CC(=O)NCCN(CC(=O)NCC(=O)NCC(N)=O)C(=O)Cn2ccc(N)nc2=O)c(=O)[nH]c1=O. The Hall–Kier alpha value is -19.5. The molecule has 10 rings (SSSR count). The second-order valence-electron chi connectivity index (χ2n) is 32.4. The molecule has 0 spiro atoms. The number of nitrogens with two attached hydrogens (primary N) is 7. The van der Waals surface area contributed by atoms with Crippen molar-refractivity contribution in [3.05, 3.63) is 153 Å². The minimum Gasteiger partial charge on any atom is -0.383 e. The number of anilines is 5. The Morgan fingerprint density at radius 3 is 0.912 bits per heavy atom. The summed E-state index contributed by atoms with van der Waals surface area (Å²) in [7, 11) is 0. The van der Waals surface area contributed by atoms with Crippen LogP contribution in [-0.4, -0.2) is 389 Å². The third kappa shape index (κ3) is 32.5. The molecule has 0 aliphatic rings. The van der Waals surface area contributed by atoms with Gasteiger partial charge in [-0.1, -0.05) is 0 Å². The average molecular weight is 2070 g/mol. The first-order chi connectivity index (χ1) is 70.5. The first-order valence-corrected chi connectivity index (χ1v) is 44.6. The molecule has 26 N–H and O–H groups in total. The smallest absolute Gasteiger partial charge is 0.349 e. The van der Waals surface area contributed by atoms with Crippen molar-refractivity contribution in [2.45, 2.75) is 59.7 Å². The fraction of sp³-hybridized carbons (Fsp3) is 0.407. The molecule has 67 heteroatoms. The van der Waals surface area contributed by atoms with Crippen LogP contribution < -0.4 is 127 Å². The number of nitrogen functional groups attached to an aromatic ring is 5. The summed E-state index contributed by atoms with van der Waals surface area (Å²) in [5, 5.41) is 22.2. The van der Waals surface area contributed by atoms with Crippen molar-refractivity contribution in [3.8, 4) is 0 Å². The van der Waals surface area contributed by atoms with Crippen LogP contribution in [0.2, 0.25) is 0 Å². The van der Waals surface area contributed by atoms with E-state index in [1.54, 1.807) is 0 Å². The van der Waals surface area contributed by atoms with Gasteiger partial charge in [-0.05, 0) is 26.0 Å². The van der Waals surface area contributed by atoms with E-state index in [1.807, 2.05) is 4.98 Å². The number of primary amides is 1. The molecule has 0 aliphatic heterocycles. The number of imidazole rings is 3. The number of fused-ring (bicyclic) bond motifs is 3. The fourth-order valence-corrected chi connectivity index (χ4v) is 13.9. The molecular weight excluding hydrogens is 1960 g/mol. The highest BCUT2D eigenvalue weighted by molar-refractivity contribution is 5.93. The van der Waals surface area contributed by atoms with Crippen molar-refractivity contribution in [2.24, 2.45) is 11.5 Å². The number of H-pyrrole nitrogens is 3. The van der Waals surface area contributed by atoms with Crippen LogP contribution in [0.1, 0.15) is 11.1 Å². The van der Waals surface area contributed by atoms with Gasteiger partial charge in [0.2, 0.25) is 106 Å². The number of aromatic amines is 3. The van der Waals surface area contributed by atoms with E-state index in [1.165, 1.54) is 47.8 Å². The van der Waals surface area contributed by atoms with Gasteiger partial charge in [0, 0.05) is 128 Å². The summed E-state index contributed by atoms with van der Waals surface area (Å²) in [6.07, 6.45) is 10.3. The topological polar surface area (TPSA) is 934 Å². The molecule has 0 saturated heterocycles. The molecule has 17 amide bonds. The summed E-state index contributed by atoms with van der Waals surface area (Å²) in [6.45, 7) is -15.7. The largest absolute Gasteiger partial charge is 0.383 e. The third-order valence-corrected chi connectivity index (χ3v) is 21.5. The highest BCUT2D eigenvalue weighted by Crippen LogP contribution is 2.17. The standard InChI is InChI=1S/C81H105N43O24/c1-45-24-120(80(147)109-74(45)142)35-61(137)112(28-54(130)95-11-20-117(32-58(134)97-23-51(127)96-22-49(85)125)60(136)34-119-13-4-48(84)106-79(119)146)16-7-91-52(128)26-111(59(135)33-118-12-3-47(83)105-78(118)145)15-6-90-57(133)31-116(65(141)39-124-44-104-68-73(124)107-77(88)108-76(68)144)19-10-93-53(129)27-113(62(138)36-121-25-46(2)75(143)110-81(121)148)17-8-92-56(132)30-115(64(140)38-123-43-103-67-70(87)99-41-101-72(67)123)18-9-94-55(131)29-114(14-5-89-50(126)21-82)63(139)37-122-42-102-66-69(86)98-40-100-71(66)122/h3-4,12-13,24-25,40-44H,5-11,14-23,26-39,82H2,1-2H3,(H2,85,125)(H,89,126)(H,90,133)(H,91,128)(H,92,132)(H,93,129)(H,94,131)(H,95,130)(H,96,127)(H,97,134)(H2,83,105,145)(H2,84,106,146)(H2,86,98,100)(H2,87,99,101)(H,109,142,147)(H,110,143,148)(H3,88,107,108,144). The molecule has 0 atom stereocenters. The zero-order valence-electron chi connectivity index (χ0n) is 79.3. The molecule has 0 radical (unpaired) electrons. The lowest BCUT2D eigenvalue weighted by Crippen LogP contribution is -2.50. The zero-order chi connectivity index (χ0) is 108. The van der Waals surface area contributed by atoms with Gasteiger partial charge in [0.25, 0.3) is 16.7 Å². The highest BCUT2D eigenvalue weighted by Gasteiger charge is 2.30. The van der Waals surface area contributed by atoms with Crippen LogP contribution in [0.15, 0.2) is 102 Å². The lowest BCUT2D eigenvalue weighted by molar-refractivity contribution is -0.138. The second-order valence-corrected chi connectivity index (χ2v) is 32.4. The molecule has 10 aromatic heterocycles. The molecule has 0 unspecified atom stereocenters. The van der Waals surface area contributed by atoms with Gasteiger partial charge in [0.05, 0.1) is 84.4 Å². The summed E-state index contributed by atoms with van der Waals surface area (Å²) in [5.41, 5.74) is 33.4. The molecule has 148 heavy (non-hydrogen) atoms. The Bertz CT molecular complexity index is 7150. The number of hydrogen-bond acceptors (Lipinski definition) is 40. The second kappa shape index (κ2) is 52.3. The van der Waals surface area contributed by atoms with Crippen LogP contribution in [0.4, 0.5) is 29.2 Å². The van der Waals surface area contributed by atoms with E-state index < -0.39 is 310 Å². The number of nitrogens with one attached hydrogen (secondary N) is 12. The van der Waals surface area contributed by atoms with Gasteiger partial charge in [-0.3, -0.25) is 129 Å². The van der Waals surface area contributed by atoms with Crippen molar-refractivity contribution in [2.75, 3.05) is 186 Å². The van der Waals surface area contributed by atoms with Crippen molar-refractivity contribution in [1.29, 1.82) is 0 Å². The predicted octanol–water partition coefficient (Wildman–Crippen LogP) is -17.8. The number of rotatable bonds is 54. The maximum Gasteiger partial charge on any atom is 0.349 e. The Morgan fingerprint density at radius 1 is 0.318 bits per heavy atom. The Balaban J connectivity index is 0.808. The van der Waals surface area contributed by atoms with Crippen LogP contribution in [0.3, 0.4) is 0 Å². The van der Waals surface area contributed by atoms with Crippen molar-refractivity contribution in [1.82, 2.24) is 179 Å². The van der Waals surface area contributed by atoms with Gasteiger partial charge >= 0.3 is 22.8 Å². The van der Waals surface area contributed by atoms with E-state index >= 15 is 0 Å². The number of hydrogen-bond donors (Lipinski definition) is 19. The van der Waals surface area contributed by atoms with Gasteiger partial charge in [-0.15, -0.1) is 0 Å². The van der Waals surface area contributed by atoms with E-state index in [0.29, 0.717) is 0 Å². The Labute approximate surface area is 829 Å². The molecule has 0 aromatic carbocycles. The number of nitrogens with zero attached hydrogens (tertiary/aromatic N) is 24. The summed E-state index contributed by atoms with van der Waals surface area (Å²) in [6, 6.07) is 2.39. The summed E-state index contributed by atoms with van der Waals surface area (Å²) >= 11 is 0. The minimum atomic E-state index is -1.04. The molecule has 0 fully saturated rings. The molecule has 10 heterocycles. The molecule has 0 aliphatic carbocycles. The highest BCUT2D eigenvalue weighted by atomic mass is 16.2. The number of amides is 17. The van der Waals surface area contributed by atoms with E-state index in [-0.39, 0.29) is 107 Å². The third-order valence-electron chi connectivity index (χ3n) is 21.5. The molecular formula is C81H105N43O24. The van der Waals surface area contributed by atoms with Crippen LogP contribution in [0.25, 0.3) is 33.5 Å². The summed E-state index contributed by atoms with van der Waals surface area (Å²) < 4.78 is 7.09. The van der Waals surface area contributed by atoms with E-state index in [9.17, 15) is 115 Å². The van der Waals surface area contributed by atoms with Gasteiger partial charge < -0.3 is 136 Å². The van der Waals surface area contributed by atoms with Gasteiger partial charge in [0.15, 0.2) is 34.1 Å². The zero-order valence-corrected chi connectivity index (χ0v) is 79.3. The minimum absolute atomic E-state index is 0.00577. The number of aromatic nitrogens is 20. The lowest BCUT2D eigenvalue weighted by atomic mass is 10.3. The van der Waals surface area contributed by atoms with Crippen LogP contribution >= 0.6 is 0 Å². The normalized spacial score (nSPS) is 11.0. The molecule has 67 nitrogen and oxygen atoms in total. The maximum atomic E-state index is 14.6. The molecule has 0 bridgehead atoms. The number of carbonyl (C=O) groups excluding carboxylic acids is 17. The lowest BCUT2D eigenvalue weighted by Gasteiger charge is -2.26. The van der Waals surface area contributed by atoms with Crippen LogP contribution in [-0.2, 0) is 127 Å². The molecule has 788 valence electrons. The number of carbonyl (C=O) groups is 17. The maximum absolute atomic E-state index is 14.6. The molecule has 10 aromatic rings. The quantitative estimate of drug-likeness (QED) is 0.0168. The van der Waals surface area contributed by atoms with E-state index in [4.69, 9.17) is 40.1 Å². The van der Waals surface area contributed by atoms with E-state index in [2.05, 4.69) is 108 Å². The summed E-state index contributed by atoms with van der Waals surface area (Å²) in [4.78, 5) is 374. The molecule has 0 saturated carbocycles. The predicted molar refractivity (Wildman–Crippen MR) is 511 cm³/mol. The van der Waals surface area contributed by atoms with Crippen molar-refractivity contribution in [3.63, 3.8) is 0 Å². The van der Waals surface area contributed by atoms with Gasteiger partial charge in [-0.2, -0.15) is 15.0 Å². The van der Waals surface area contributed by atoms with E-state index in [0.717, 1.165) is 101 Å². The van der Waals surface area contributed by atoms with Crippen molar-refractivity contribution < 1.29 is 81.5 Å². The van der Waals surface area contributed by atoms with Gasteiger partial charge in [0.1, 0.15) is 81.1 Å². The monoisotopic (exact) mass is 2060 g/mol. The Kier molecular flexibility index (Phi) is 39.1. The van der Waals surface area contributed by atoms with Gasteiger partial charge in [-0.25, -0.2) is 54.1 Å². The van der Waals surface area contributed by atoms with Crippen LogP contribution in [0, 0.1) is 13.8 Å². The number of aryl methyl sites for hydroxylation is 2. The fourth-order valence-electron chi connectivity index (χ4n) is 13.9. The first kappa shape index (κ1) is 111. The Morgan fingerprint density at radius 2 is 0.601 bits per heavy atom. The average Bonchev–Trinajstić information content (AvgIpc) is 1.63. The first-order valence-electron chi connectivity index (χ1n) is 44.6. The van der Waals surface area contributed by atoms with Crippen molar-refractivity contribution >= 4 is 163 Å². The summed E-state index contributed by atoms with van der Waals surface area (Å²) in [5.74, 6) is -15.6. The van der Waals surface area contributed by atoms with Crippen LogP contribution in [0.5, 0.6) is 0 Å².